The second-order valence-electron chi connectivity index (χ2n) is 7.95. The Balaban J connectivity index is 1.39. The highest BCUT2D eigenvalue weighted by atomic mass is 16.5. The lowest BCUT2D eigenvalue weighted by atomic mass is 9.92. The first-order valence-corrected chi connectivity index (χ1v) is 10.1. The fourth-order valence-electron chi connectivity index (χ4n) is 3.80. The van der Waals surface area contributed by atoms with Gasteiger partial charge in [0.1, 0.15) is 17.7 Å². The quantitative estimate of drug-likeness (QED) is 0.772. The standard InChI is InChI=1S/C23H28N4O2/c1-15-11-25-23-18(13-24-15)10-17(12-26-23)8-9-22(28)27(3)14-21-16(2)19-6-4-5-7-20(19)29-21/h4-10,12,15,19-20,24H,11,13-14H2,1-3H3,(H,25,26)/t15-,19?,20?/m0/s1. The van der Waals surface area contributed by atoms with Gasteiger partial charge in [-0.05, 0) is 43.2 Å². The number of nitrogens with one attached hydrogen (secondary N) is 2. The number of pyridine rings is 1. The number of hydrogen-bond acceptors (Lipinski definition) is 5. The lowest BCUT2D eigenvalue weighted by Gasteiger charge is -2.18. The van der Waals surface area contributed by atoms with Gasteiger partial charge in [0.2, 0.25) is 5.91 Å². The molecule has 1 aliphatic carbocycles. The summed E-state index contributed by atoms with van der Waals surface area (Å²) in [6.07, 6.45) is 13.6. The molecule has 0 spiro atoms. The van der Waals surface area contributed by atoms with Gasteiger partial charge in [0.15, 0.2) is 0 Å². The molecule has 0 bridgehead atoms. The van der Waals surface area contributed by atoms with Gasteiger partial charge in [0.05, 0.1) is 6.54 Å². The molecule has 2 unspecified atom stereocenters. The number of rotatable bonds is 4. The summed E-state index contributed by atoms with van der Waals surface area (Å²) in [5.41, 5.74) is 3.22. The van der Waals surface area contributed by atoms with E-state index >= 15 is 0 Å². The van der Waals surface area contributed by atoms with E-state index in [1.54, 1.807) is 24.2 Å². The number of carbonyl (C=O) groups excluding carboxylic acids is 1. The van der Waals surface area contributed by atoms with E-state index in [-0.39, 0.29) is 17.9 Å². The van der Waals surface area contributed by atoms with E-state index in [9.17, 15) is 4.79 Å². The first kappa shape index (κ1) is 19.5. The van der Waals surface area contributed by atoms with Gasteiger partial charge < -0.3 is 20.3 Å². The number of nitrogens with zero attached hydrogens (tertiary/aromatic N) is 2. The van der Waals surface area contributed by atoms with Gasteiger partial charge in [-0.25, -0.2) is 4.98 Å². The highest BCUT2D eigenvalue weighted by Gasteiger charge is 2.32. The Morgan fingerprint density at radius 1 is 1.38 bits per heavy atom. The first-order valence-electron chi connectivity index (χ1n) is 10.1. The van der Waals surface area contributed by atoms with Gasteiger partial charge in [-0.3, -0.25) is 4.79 Å². The molecule has 3 atom stereocenters. The van der Waals surface area contributed by atoms with Crippen molar-refractivity contribution in [3.8, 4) is 0 Å². The molecule has 1 amide bonds. The summed E-state index contributed by atoms with van der Waals surface area (Å²) >= 11 is 0. The average molecular weight is 393 g/mol. The number of fused-ring (bicyclic) bond motifs is 2. The number of amides is 1. The van der Waals surface area contributed by atoms with Crippen molar-refractivity contribution in [3.05, 3.63) is 65.1 Å². The SMILES string of the molecule is CC1=C(CN(C)C(=O)C=Cc2cnc3c(c2)CN[C@@H](C)CN3)OC2C=CC=CC12. The van der Waals surface area contributed by atoms with E-state index in [0.717, 1.165) is 35.8 Å². The van der Waals surface area contributed by atoms with E-state index < -0.39 is 0 Å². The summed E-state index contributed by atoms with van der Waals surface area (Å²) in [6, 6.07) is 2.46. The molecule has 152 valence electrons. The van der Waals surface area contributed by atoms with Gasteiger partial charge in [0, 0.05) is 49.9 Å². The van der Waals surface area contributed by atoms with Crippen LogP contribution in [0.15, 0.2) is 54.0 Å². The van der Waals surface area contributed by atoms with Crippen molar-refractivity contribution >= 4 is 17.8 Å². The Labute approximate surface area is 172 Å². The van der Waals surface area contributed by atoms with Crippen molar-refractivity contribution in [1.29, 1.82) is 0 Å². The molecule has 0 saturated carbocycles. The molecule has 1 aromatic heterocycles. The molecule has 3 aliphatic rings. The maximum Gasteiger partial charge on any atom is 0.246 e. The summed E-state index contributed by atoms with van der Waals surface area (Å²) < 4.78 is 6.04. The monoisotopic (exact) mass is 392 g/mol. The second kappa shape index (κ2) is 8.25. The summed E-state index contributed by atoms with van der Waals surface area (Å²) in [4.78, 5) is 18.8. The maximum absolute atomic E-state index is 12.6. The van der Waals surface area contributed by atoms with E-state index in [1.165, 1.54) is 5.57 Å². The van der Waals surface area contributed by atoms with Gasteiger partial charge in [-0.1, -0.05) is 18.2 Å². The molecule has 3 heterocycles. The Morgan fingerprint density at radius 2 is 2.21 bits per heavy atom. The predicted molar refractivity (Wildman–Crippen MR) is 115 cm³/mol. The van der Waals surface area contributed by atoms with E-state index in [0.29, 0.717) is 12.6 Å². The molecule has 29 heavy (non-hydrogen) atoms. The van der Waals surface area contributed by atoms with Crippen LogP contribution >= 0.6 is 0 Å². The highest BCUT2D eigenvalue weighted by molar-refractivity contribution is 5.91. The molecule has 1 aromatic rings. The van der Waals surface area contributed by atoms with E-state index in [1.807, 2.05) is 12.2 Å². The summed E-state index contributed by atoms with van der Waals surface area (Å²) in [6.45, 7) is 6.31. The van der Waals surface area contributed by atoms with Gasteiger partial charge in [-0.2, -0.15) is 0 Å². The fraction of sp³-hybridized carbons (Fsp3) is 0.391. The van der Waals surface area contributed by atoms with Crippen molar-refractivity contribution in [2.45, 2.75) is 32.5 Å². The van der Waals surface area contributed by atoms with Gasteiger partial charge in [-0.15, -0.1) is 0 Å². The Kier molecular flexibility index (Phi) is 5.53. The molecule has 6 nitrogen and oxygen atoms in total. The van der Waals surface area contributed by atoms with Crippen molar-refractivity contribution < 1.29 is 9.53 Å². The van der Waals surface area contributed by atoms with Gasteiger partial charge >= 0.3 is 0 Å². The smallest absolute Gasteiger partial charge is 0.246 e. The minimum Gasteiger partial charge on any atom is -0.488 e. The molecular weight excluding hydrogens is 364 g/mol. The zero-order valence-corrected chi connectivity index (χ0v) is 17.2. The molecule has 2 aliphatic heterocycles. The average Bonchev–Trinajstić information content (AvgIpc) is 2.92. The maximum atomic E-state index is 12.6. The van der Waals surface area contributed by atoms with Crippen LogP contribution in [-0.4, -0.2) is 48.1 Å². The molecule has 2 N–H and O–H groups in total. The minimum atomic E-state index is -0.0605. The molecule has 0 saturated heterocycles. The highest BCUT2D eigenvalue weighted by Crippen LogP contribution is 2.34. The van der Waals surface area contributed by atoms with Crippen LogP contribution < -0.4 is 10.6 Å². The molecule has 4 rings (SSSR count). The Bertz CT molecular complexity index is 915. The third-order valence-electron chi connectivity index (χ3n) is 5.68. The van der Waals surface area contributed by atoms with Crippen molar-refractivity contribution in [2.75, 3.05) is 25.5 Å². The Morgan fingerprint density at radius 3 is 3.03 bits per heavy atom. The largest absolute Gasteiger partial charge is 0.488 e. The van der Waals surface area contributed by atoms with Crippen LogP contribution in [0.5, 0.6) is 0 Å². The molecule has 0 aromatic carbocycles. The fourth-order valence-corrected chi connectivity index (χ4v) is 3.80. The van der Waals surface area contributed by atoms with E-state index in [4.69, 9.17) is 4.74 Å². The minimum absolute atomic E-state index is 0.0598. The summed E-state index contributed by atoms with van der Waals surface area (Å²) in [5.74, 6) is 2.02. The van der Waals surface area contributed by atoms with Crippen molar-refractivity contribution in [1.82, 2.24) is 15.2 Å². The van der Waals surface area contributed by atoms with Crippen LogP contribution in [0.4, 0.5) is 5.82 Å². The number of carbonyl (C=O) groups is 1. The number of allylic oxidation sites excluding steroid dienone is 2. The molecular formula is C23H28N4O2. The van der Waals surface area contributed by atoms with Gasteiger partial charge in [0.25, 0.3) is 0 Å². The van der Waals surface area contributed by atoms with Crippen molar-refractivity contribution in [2.24, 2.45) is 5.92 Å². The number of hydrogen-bond donors (Lipinski definition) is 2. The molecule has 6 heteroatoms. The lowest BCUT2D eigenvalue weighted by molar-refractivity contribution is -0.124. The first-order chi connectivity index (χ1) is 14.0. The zero-order valence-electron chi connectivity index (χ0n) is 17.2. The zero-order chi connectivity index (χ0) is 20.4. The molecule has 0 fully saturated rings. The third kappa shape index (κ3) is 4.27. The lowest BCUT2D eigenvalue weighted by Crippen LogP contribution is -2.29. The van der Waals surface area contributed by atoms with Crippen LogP contribution in [-0.2, 0) is 16.1 Å². The predicted octanol–water partition coefficient (Wildman–Crippen LogP) is 2.87. The van der Waals surface area contributed by atoms with Crippen LogP contribution in [0.25, 0.3) is 6.08 Å². The van der Waals surface area contributed by atoms with Crippen LogP contribution in [0.1, 0.15) is 25.0 Å². The summed E-state index contributed by atoms with van der Waals surface area (Å²) in [5, 5.41) is 6.80. The molecule has 0 radical (unpaired) electrons. The Hall–Kier alpha value is -2.86. The topological polar surface area (TPSA) is 66.5 Å². The van der Waals surface area contributed by atoms with Crippen LogP contribution in [0.3, 0.4) is 0 Å². The number of aromatic nitrogens is 1. The number of likely N-dealkylation sites (N-methyl/N-ethyl adjacent to an activating group) is 1. The number of ether oxygens (including phenoxy) is 1. The van der Waals surface area contributed by atoms with E-state index in [2.05, 4.69) is 53.8 Å². The second-order valence-corrected chi connectivity index (χ2v) is 7.95. The normalized spacial score (nSPS) is 25.3. The van der Waals surface area contributed by atoms with Crippen LogP contribution in [0, 0.1) is 5.92 Å². The third-order valence-corrected chi connectivity index (χ3v) is 5.68. The number of anilines is 1. The summed E-state index contributed by atoms with van der Waals surface area (Å²) in [7, 11) is 1.80. The van der Waals surface area contributed by atoms with Crippen LogP contribution in [0.2, 0.25) is 0 Å². The van der Waals surface area contributed by atoms with Crippen molar-refractivity contribution in [3.63, 3.8) is 0 Å².